The molecule has 0 unspecified atom stereocenters. The predicted molar refractivity (Wildman–Crippen MR) is 123 cm³/mol. The van der Waals surface area contributed by atoms with E-state index in [1.165, 1.54) is 11.3 Å². The van der Waals surface area contributed by atoms with E-state index in [0.717, 1.165) is 46.9 Å². The van der Waals surface area contributed by atoms with E-state index in [1.807, 2.05) is 36.4 Å². The molecule has 31 heavy (non-hydrogen) atoms. The quantitative estimate of drug-likeness (QED) is 0.501. The van der Waals surface area contributed by atoms with E-state index in [4.69, 9.17) is 19.2 Å². The summed E-state index contributed by atoms with van der Waals surface area (Å²) in [4.78, 5) is 22.2. The molecule has 3 aromatic rings. The molecule has 2 heterocycles. The van der Waals surface area contributed by atoms with Crippen molar-refractivity contribution in [2.45, 2.75) is 20.3 Å². The average molecular weight is 442 g/mol. The first-order valence-electron chi connectivity index (χ1n) is 10.5. The maximum absolute atomic E-state index is 13.4. The molecule has 1 aliphatic rings. The first-order chi connectivity index (χ1) is 15.1. The van der Waals surface area contributed by atoms with Crippen molar-refractivity contribution in [2.75, 3.05) is 45.0 Å². The Morgan fingerprint density at radius 2 is 1.90 bits per heavy atom. The van der Waals surface area contributed by atoms with Crippen LogP contribution in [-0.4, -0.2) is 55.9 Å². The molecule has 2 aromatic carbocycles. The lowest BCUT2D eigenvalue weighted by Gasteiger charge is -2.24. The summed E-state index contributed by atoms with van der Waals surface area (Å²) in [6, 6.07) is 11.4. The molecule has 164 valence electrons. The topological polar surface area (TPSA) is 64.1 Å². The van der Waals surface area contributed by atoms with Crippen LogP contribution in [0.2, 0.25) is 0 Å². The summed E-state index contributed by atoms with van der Waals surface area (Å²) in [6.07, 6.45) is 0.272. The monoisotopic (exact) mass is 441 g/mol. The molecule has 0 aliphatic carbocycles. The van der Waals surface area contributed by atoms with Crippen molar-refractivity contribution in [3.63, 3.8) is 0 Å². The Balaban J connectivity index is 1.59. The maximum atomic E-state index is 13.4. The van der Waals surface area contributed by atoms with Gasteiger partial charge < -0.3 is 19.1 Å². The molecule has 4 rings (SSSR count). The second kappa shape index (κ2) is 9.53. The van der Waals surface area contributed by atoms with Gasteiger partial charge in [-0.2, -0.15) is 0 Å². The molecule has 0 saturated heterocycles. The first kappa shape index (κ1) is 21.4. The highest BCUT2D eigenvalue weighted by Crippen LogP contribution is 2.34. The van der Waals surface area contributed by atoms with Crippen LogP contribution >= 0.6 is 11.3 Å². The summed E-state index contributed by atoms with van der Waals surface area (Å²) in [7, 11) is 1.65. The van der Waals surface area contributed by atoms with Gasteiger partial charge in [-0.1, -0.05) is 31.3 Å². The summed E-state index contributed by atoms with van der Waals surface area (Å²) < 4.78 is 17.2. The molecular formula is C23H27N3O4S. The highest BCUT2D eigenvalue weighted by atomic mass is 32.1. The van der Waals surface area contributed by atoms with Crippen LogP contribution in [0.4, 0.5) is 5.13 Å². The second-order valence-electron chi connectivity index (χ2n) is 7.27. The largest absolute Gasteiger partial charge is 0.497 e. The number of carbonyl (C=O) groups is 1. The standard InChI is InChI=1S/C23H27N3O4S/c1-4-25(5-2)10-11-26(23-24-18-8-7-17(28-3)14-21(18)31-23)22(27)13-16-6-9-19-20(12-16)30-15-29-19/h6-9,12,14H,4-5,10-11,13,15H2,1-3H3. The fourth-order valence-corrected chi connectivity index (χ4v) is 4.60. The van der Waals surface area contributed by atoms with Gasteiger partial charge >= 0.3 is 0 Å². The smallest absolute Gasteiger partial charge is 0.233 e. The third-order valence-electron chi connectivity index (χ3n) is 5.44. The van der Waals surface area contributed by atoms with Gasteiger partial charge in [0.1, 0.15) is 5.75 Å². The number of anilines is 1. The molecule has 0 atom stereocenters. The van der Waals surface area contributed by atoms with Crippen LogP contribution in [0.15, 0.2) is 36.4 Å². The van der Waals surface area contributed by atoms with Crippen molar-refractivity contribution < 1.29 is 19.0 Å². The minimum Gasteiger partial charge on any atom is -0.497 e. The molecule has 1 aliphatic heterocycles. The lowest BCUT2D eigenvalue weighted by molar-refractivity contribution is -0.118. The van der Waals surface area contributed by atoms with Gasteiger partial charge in [0, 0.05) is 13.1 Å². The predicted octanol–water partition coefficient (Wildman–Crippen LogP) is 3.95. The van der Waals surface area contributed by atoms with Crippen LogP contribution in [0, 0.1) is 0 Å². The van der Waals surface area contributed by atoms with E-state index < -0.39 is 0 Å². The molecule has 0 spiro atoms. The highest BCUT2D eigenvalue weighted by molar-refractivity contribution is 7.22. The number of hydrogen-bond donors (Lipinski definition) is 0. The number of aromatic nitrogens is 1. The summed E-state index contributed by atoms with van der Waals surface area (Å²) in [5, 5.41) is 0.709. The second-order valence-corrected chi connectivity index (χ2v) is 8.28. The first-order valence-corrected chi connectivity index (χ1v) is 11.3. The Kier molecular flexibility index (Phi) is 6.58. The summed E-state index contributed by atoms with van der Waals surface area (Å²) in [6.45, 7) is 7.74. The molecule has 7 nitrogen and oxygen atoms in total. The van der Waals surface area contributed by atoms with Crippen LogP contribution in [0.25, 0.3) is 10.2 Å². The van der Waals surface area contributed by atoms with E-state index in [1.54, 1.807) is 12.0 Å². The Bertz CT molecular complexity index is 1060. The van der Waals surface area contributed by atoms with Crippen molar-refractivity contribution in [3.05, 3.63) is 42.0 Å². The van der Waals surface area contributed by atoms with Crippen LogP contribution in [-0.2, 0) is 11.2 Å². The maximum Gasteiger partial charge on any atom is 0.233 e. The van der Waals surface area contributed by atoms with Crippen molar-refractivity contribution >= 4 is 32.6 Å². The number of nitrogens with zero attached hydrogens (tertiary/aromatic N) is 3. The summed E-state index contributed by atoms with van der Waals surface area (Å²) in [5.74, 6) is 2.20. The molecule has 0 radical (unpaired) electrons. The van der Waals surface area contributed by atoms with Crippen molar-refractivity contribution in [1.29, 1.82) is 0 Å². The molecule has 0 saturated carbocycles. The summed E-state index contributed by atoms with van der Waals surface area (Å²) in [5.41, 5.74) is 1.76. The number of methoxy groups -OCH3 is 1. The fourth-order valence-electron chi connectivity index (χ4n) is 3.56. The van der Waals surface area contributed by atoms with Gasteiger partial charge in [-0.05, 0) is 49.0 Å². The lowest BCUT2D eigenvalue weighted by Crippen LogP contribution is -2.39. The summed E-state index contributed by atoms with van der Waals surface area (Å²) >= 11 is 1.51. The van der Waals surface area contributed by atoms with Gasteiger partial charge in [0.2, 0.25) is 12.7 Å². The van der Waals surface area contributed by atoms with E-state index in [9.17, 15) is 4.79 Å². The zero-order valence-electron chi connectivity index (χ0n) is 18.1. The van der Waals surface area contributed by atoms with Gasteiger partial charge in [-0.25, -0.2) is 4.98 Å². The van der Waals surface area contributed by atoms with Crippen LogP contribution in [0.3, 0.4) is 0 Å². The van der Waals surface area contributed by atoms with Crippen LogP contribution in [0.1, 0.15) is 19.4 Å². The van der Waals surface area contributed by atoms with Gasteiger partial charge in [0.15, 0.2) is 16.6 Å². The minimum atomic E-state index is 0.0112. The molecule has 8 heteroatoms. The number of carbonyl (C=O) groups excluding carboxylic acids is 1. The SMILES string of the molecule is CCN(CC)CCN(C(=O)Cc1ccc2c(c1)OCO2)c1nc2ccc(OC)cc2s1. The van der Waals surface area contributed by atoms with Crippen molar-refractivity contribution in [2.24, 2.45) is 0 Å². The number of likely N-dealkylation sites (N-methyl/N-ethyl adjacent to an activating group) is 1. The van der Waals surface area contributed by atoms with Crippen molar-refractivity contribution in [3.8, 4) is 17.2 Å². The van der Waals surface area contributed by atoms with Crippen LogP contribution < -0.4 is 19.1 Å². The zero-order valence-corrected chi connectivity index (χ0v) is 18.9. The van der Waals surface area contributed by atoms with Gasteiger partial charge in [0.05, 0.1) is 23.7 Å². The normalized spacial score (nSPS) is 12.5. The minimum absolute atomic E-state index is 0.0112. The van der Waals surface area contributed by atoms with E-state index >= 15 is 0 Å². The number of fused-ring (bicyclic) bond motifs is 2. The Hall–Kier alpha value is -2.84. The van der Waals surface area contributed by atoms with E-state index in [0.29, 0.717) is 17.4 Å². The lowest BCUT2D eigenvalue weighted by atomic mass is 10.1. The van der Waals surface area contributed by atoms with E-state index in [2.05, 4.69) is 18.7 Å². The molecule has 0 bridgehead atoms. The molecule has 1 amide bonds. The third-order valence-corrected chi connectivity index (χ3v) is 6.48. The molecular weight excluding hydrogens is 414 g/mol. The number of amides is 1. The number of hydrogen-bond acceptors (Lipinski definition) is 7. The van der Waals surface area contributed by atoms with Gasteiger partial charge in [-0.15, -0.1) is 0 Å². The zero-order chi connectivity index (χ0) is 21.8. The molecule has 0 N–H and O–H groups in total. The number of thiazole rings is 1. The third kappa shape index (κ3) is 4.75. The van der Waals surface area contributed by atoms with Gasteiger partial charge in [0.25, 0.3) is 0 Å². The molecule has 0 fully saturated rings. The fraction of sp³-hybridized carbons (Fsp3) is 0.391. The van der Waals surface area contributed by atoms with Crippen LogP contribution in [0.5, 0.6) is 17.2 Å². The van der Waals surface area contributed by atoms with Gasteiger partial charge in [-0.3, -0.25) is 9.69 Å². The highest BCUT2D eigenvalue weighted by Gasteiger charge is 2.22. The number of ether oxygens (including phenoxy) is 3. The number of rotatable bonds is 9. The Morgan fingerprint density at radius 1 is 1.10 bits per heavy atom. The Morgan fingerprint density at radius 3 is 2.68 bits per heavy atom. The van der Waals surface area contributed by atoms with E-state index in [-0.39, 0.29) is 19.1 Å². The average Bonchev–Trinajstić information content (AvgIpc) is 3.42. The number of benzene rings is 2. The Labute approximate surface area is 186 Å². The molecule has 1 aromatic heterocycles. The van der Waals surface area contributed by atoms with Crippen molar-refractivity contribution in [1.82, 2.24) is 9.88 Å².